The molecular weight excluding hydrogens is 125 g/mol. The summed E-state index contributed by atoms with van der Waals surface area (Å²) in [5.41, 5.74) is 0. The Bertz CT molecular complexity index is 110. The summed E-state index contributed by atoms with van der Waals surface area (Å²) in [5.74, 6) is -0.554. The number of hydrogen-bond donors (Lipinski definition) is 0. The molecule has 0 saturated carbocycles. The lowest BCUT2D eigenvalue weighted by Gasteiger charge is -2.04. The van der Waals surface area contributed by atoms with Crippen molar-refractivity contribution in [2.45, 2.75) is 13.0 Å². The maximum absolute atomic E-state index is 10.4. The van der Waals surface area contributed by atoms with Crippen LogP contribution < -0.4 is 0 Å². The SMILES string of the molecule is CC(OC=O)C(=O)O[13CH3]. The van der Waals surface area contributed by atoms with Crippen molar-refractivity contribution in [2.24, 2.45) is 0 Å². The highest BCUT2D eigenvalue weighted by atomic mass is 16.6. The lowest BCUT2D eigenvalue weighted by Crippen LogP contribution is -2.21. The van der Waals surface area contributed by atoms with Gasteiger partial charge in [-0.15, -0.1) is 0 Å². The highest BCUT2D eigenvalue weighted by molar-refractivity contribution is 5.75. The summed E-state index contributed by atoms with van der Waals surface area (Å²) in [6.45, 7) is 1.64. The van der Waals surface area contributed by atoms with E-state index in [1.165, 1.54) is 14.0 Å². The summed E-state index contributed by atoms with van der Waals surface area (Å²) < 4.78 is 8.48. The van der Waals surface area contributed by atoms with E-state index < -0.39 is 12.1 Å². The van der Waals surface area contributed by atoms with E-state index in [-0.39, 0.29) is 6.47 Å². The van der Waals surface area contributed by atoms with Gasteiger partial charge in [-0.25, -0.2) is 4.79 Å². The average molecular weight is 133 g/mol. The van der Waals surface area contributed by atoms with Crippen molar-refractivity contribution >= 4 is 12.4 Å². The number of carbonyl (C=O) groups is 2. The number of methoxy groups -OCH3 is 1. The molecule has 0 radical (unpaired) electrons. The van der Waals surface area contributed by atoms with Crippen LogP contribution in [0.15, 0.2) is 0 Å². The number of esters is 1. The first kappa shape index (κ1) is 7.94. The van der Waals surface area contributed by atoms with Crippen molar-refractivity contribution in [2.75, 3.05) is 7.11 Å². The summed E-state index contributed by atoms with van der Waals surface area (Å²) in [7, 11) is 1.23. The van der Waals surface area contributed by atoms with Gasteiger partial charge in [-0.2, -0.15) is 0 Å². The first-order chi connectivity index (χ1) is 4.22. The normalized spacial score (nSPS) is 11.8. The molecule has 0 spiro atoms. The molecule has 0 bridgehead atoms. The van der Waals surface area contributed by atoms with E-state index >= 15 is 0 Å². The molecule has 0 N–H and O–H groups in total. The van der Waals surface area contributed by atoms with E-state index in [4.69, 9.17) is 0 Å². The number of ether oxygens (including phenoxy) is 2. The molecule has 9 heavy (non-hydrogen) atoms. The molecule has 1 unspecified atom stereocenters. The molecule has 0 heterocycles. The molecule has 0 saturated heterocycles. The van der Waals surface area contributed by atoms with E-state index in [1.54, 1.807) is 0 Å². The van der Waals surface area contributed by atoms with Crippen LogP contribution in [0.25, 0.3) is 0 Å². The number of carbonyl (C=O) groups excluding carboxylic acids is 2. The molecule has 0 fully saturated rings. The zero-order valence-electron chi connectivity index (χ0n) is 5.29. The van der Waals surface area contributed by atoms with Crippen LogP contribution in [0.1, 0.15) is 6.92 Å². The molecule has 0 rings (SSSR count). The van der Waals surface area contributed by atoms with Crippen molar-refractivity contribution in [3.05, 3.63) is 0 Å². The second kappa shape index (κ2) is 3.88. The van der Waals surface area contributed by atoms with Crippen LogP contribution in [0.5, 0.6) is 0 Å². The lowest BCUT2D eigenvalue weighted by atomic mass is 10.4. The van der Waals surface area contributed by atoms with Crippen LogP contribution in [-0.4, -0.2) is 25.7 Å². The second-order valence-corrected chi connectivity index (χ2v) is 1.40. The highest BCUT2D eigenvalue weighted by Gasteiger charge is 2.12. The summed E-state index contributed by atoms with van der Waals surface area (Å²) in [6, 6.07) is 0. The minimum Gasteiger partial charge on any atom is -0.466 e. The van der Waals surface area contributed by atoms with Gasteiger partial charge in [0.2, 0.25) is 0 Å². The fourth-order valence-corrected chi connectivity index (χ4v) is 0.305. The smallest absolute Gasteiger partial charge is 0.346 e. The molecule has 0 aromatic rings. The Labute approximate surface area is 52.7 Å². The fourth-order valence-electron chi connectivity index (χ4n) is 0.305. The maximum atomic E-state index is 10.4. The van der Waals surface area contributed by atoms with Gasteiger partial charge >= 0.3 is 5.97 Å². The van der Waals surface area contributed by atoms with Gasteiger partial charge in [0.1, 0.15) is 0 Å². The Morgan fingerprint density at radius 2 is 2.22 bits per heavy atom. The van der Waals surface area contributed by atoms with E-state index in [0.29, 0.717) is 0 Å². The van der Waals surface area contributed by atoms with Crippen LogP contribution in [0.4, 0.5) is 0 Å². The molecular formula is C5H8O4. The van der Waals surface area contributed by atoms with E-state index in [1.807, 2.05) is 0 Å². The molecule has 0 aliphatic carbocycles. The molecule has 52 valence electrons. The Hall–Kier alpha value is -1.06. The Balaban J connectivity index is 3.58. The summed E-state index contributed by atoms with van der Waals surface area (Å²) in [5, 5.41) is 0. The van der Waals surface area contributed by atoms with Gasteiger partial charge in [-0.3, -0.25) is 4.79 Å². The number of rotatable bonds is 3. The van der Waals surface area contributed by atoms with E-state index in [0.717, 1.165) is 0 Å². The molecule has 4 heteroatoms. The van der Waals surface area contributed by atoms with Crippen molar-refractivity contribution in [1.29, 1.82) is 0 Å². The predicted molar refractivity (Wildman–Crippen MR) is 28.6 cm³/mol. The third-order valence-electron chi connectivity index (χ3n) is 0.793. The minimum atomic E-state index is -0.799. The third-order valence-corrected chi connectivity index (χ3v) is 0.793. The quantitative estimate of drug-likeness (QED) is 0.302. The van der Waals surface area contributed by atoms with Crippen LogP contribution in [0.3, 0.4) is 0 Å². The van der Waals surface area contributed by atoms with Gasteiger partial charge in [0.15, 0.2) is 6.10 Å². The standard InChI is InChI=1S/C5H8O4/c1-4(9-3-6)5(7)8-2/h3-4H,1-2H3/i2+1. The maximum Gasteiger partial charge on any atom is 0.346 e. The van der Waals surface area contributed by atoms with Gasteiger partial charge in [0, 0.05) is 0 Å². The Morgan fingerprint density at radius 1 is 1.67 bits per heavy atom. The van der Waals surface area contributed by atoms with E-state index in [9.17, 15) is 9.59 Å². The van der Waals surface area contributed by atoms with Crippen molar-refractivity contribution < 1.29 is 19.1 Å². The molecule has 1 atom stereocenters. The van der Waals surface area contributed by atoms with Gasteiger partial charge < -0.3 is 9.47 Å². The van der Waals surface area contributed by atoms with Crippen molar-refractivity contribution in [3.8, 4) is 0 Å². The molecule has 4 nitrogen and oxygen atoms in total. The average Bonchev–Trinajstić information content (AvgIpc) is 1.87. The predicted octanol–water partition coefficient (Wildman–Crippen LogP) is -0.279. The van der Waals surface area contributed by atoms with E-state index in [2.05, 4.69) is 9.47 Å². The molecule has 0 amide bonds. The third kappa shape index (κ3) is 2.69. The topological polar surface area (TPSA) is 52.6 Å². The molecule has 0 aromatic heterocycles. The van der Waals surface area contributed by atoms with Gasteiger partial charge in [0.05, 0.1) is 7.11 Å². The lowest BCUT2D eigenvalue weighted by molar-refractivity contribution is -0.157. The molecule has 0 aromatic carbocycles. The summed E-state index contributed by atoms with van der Waals surface area (Å²) in [4.78, 5) is 20.0. The van der Waals surface area contributed by atoms with Crippen molar-refractivity contribution in [3.63, 3.8) is 0 Å². The monoisotopic (exact) mass is 133 g/mol. The fraction of sp³-hybridized carbons (Fsp3) is 0.600. The zero-order valence-corrected chi connectivity index (χ0v) is 5.29. The van der Waals surface area contributed by atoms with Gasteiger partial charge in [-0.05, 0) is 6.92 Å². The highest BCUT2D eigenvalue weighted by Crippen LogP contribution is 1.89. The summed E-state index contributed by atoms with van der Waals surface area (Å²) >= 11 is 0. The zero-order chi connectivity index (χ0) is 7.28. The van der Waals surface area contributed by atoms with Crippen LogP contribution in [-0.2, 0) is 19.1 Å². The number of hydrogen-bond acceptors (Lipinski definition) is 4. The summed E-state index contributed by atoms with van der Waals surface area (Å²) in [6.07, 6.45) is -0.799. The van der Waals surface area contributed by atoms with Crippen LogP contribution >= 0.6 is 0 Å². The first-order valence-electron chi connectivity index (χ1n) is 2.39. The second-order valence-electron chi connectivity index (χ2n) is 1.40. The largest absolute Gasteiger partial charge is 0.466 e. The molecule has 0 aliphatic rings. The Kier molecular flexibility index (Phi) is 3.43. The van der Waals surface area contributed by atoms with Crippen LogP contribution in [0, 0.1) is 0 Å². The van der Waals surface area contributed by atoms with Crippen LogP contribution in [0.2, 0.25) is 0 Å². The van der Waals surface area contributed by atoms with Gasteiger partial charge in [-0.1, -0.05) is 0 Å². The van der Waals surface area contributed by atoms with Crippen molar-refractivity contribution in [1.82, 2.24) is 0 Å². The minimum absolute atomic E-state index is 0.210. The first-order valence-corrected chi connectivity index (χ1v) is 2.39. The Morgan fingerprint density at radius 3 is 2.56 bits per heavy atom. The van der Waals surface area contributed by atoms with Gasteiger partial charge in [0.25, 0.3) is 6.47 Å². The molecule has 0 aliphatic heterocycles.